The van der Waals surface area contributed by atoms with Gasteiger partial charge in [-0.15, -0.1) is 11.3 Å². The summed E-state index contributed by atoms with van der Waals surface area (Å²) in [5.41, 5.74) is 1.79. The van der Waals surface area contributed by atoms with Crippen LogP contribution in [0.2, 0.25) is 0 Å². The van der Waals surface area contributed by atoms with Crippen molar-refractivity contribution in [1.82, 2.24) is 4.98 Å². The van der Waals surface area contributed by atoms with Gasteiger partial charge < -0.3 is 15.5 Å². The number of hydrogen-bond donors (Lipinski definition) is 1. The van der Waals surface area contributed by atoms with E-state index in [2.05, 4.69) is 4.98 Å². The molecule has 0 saturated heterocycles. The fourth-order valence-corrected chi connectivity index (χ4v) is 0.527. The zero-order chi connectivity index (χ0) is 6.24. The van der Waals surface area contributed by atoms with Gasteiger partial charge in [-0.2, -0.15) is 0 Å². The molecule has 0 radical (unpaired) electrons. The molecule has 0 aliphatic heterocycles. The largest absolute Gasteiger partial charge is 1.00 e. The van der Waals surface area contributed by atoms with Crippen LogP contribution in [0.15, 0.2) is 17.1 Å². The Bertz CT molecular complexity index is 90.6. The number of thiazole rings is 1. The first-order valence-corrected chi connectivity index (χ1v) is 2.87. The van der Waals surface area contributed by atoms with E-state index in [4.69, 9.17) is 10.0 Å². The third-order valence-electron chi connectivity index (χ3n) is 0.347. The average Bonchev–Trinajstić information content (AvgIpc) is 2.17. The predicted octanol–water partition coefficient (Wildman–Crippen LogP) is -5.07. The quantitative estimate of drug-likeness (QED) is 0.412. The van der Waals surface area contributed by atoms with Gasteiger partial charge in [0.2, 0.25) is 0 Å². The van der Waals surface area contributed by atoms with Crippen LogP contribution in [0, 0.1) is 0 Å². The van der Waals surface area contributed by atoms with Crippen molar-refractivity contribution in [2.45, 2.75) is 0 Å². The molecular weight excluding hydrogens is 180 g/mol. The van der Waals surface area contributed by atoms with Gasteiger partial charge >= 0.3 is 51.4 Å². The molecule has 0 spiro atoms. The van der Waals surface area contributed by atoms with Crippen molar-refractivity contribution in [1.29, 1.82) is 0 Å². The SMILES string of the molecule is O.[K+].[O-]BO.c1cscn1. The van der Waals surface area contributed by atoms with Crippen molar-refractivity contribution in [3.63, 3.8) is 0 Å². The molecule has 0 bridgehead atoms. The Balaban J connectivity index is -0.0000000900. The van der Waals surface area contributed by atoms with Gasteiger partial charge in [0, 0.05) is 11.6 Å². The minimum absolute atomic E-state index is 0. The number of hydrogen-bond acceptors (Lipinski definition) is 4. The Morgan fingerprint density at radius 1 is 1.60 bits per heavy atom. The minimum atomic E-state index is -1.00. The first-order valence-electron chi connectivity index (χ1n) is 1.93. The monoisotopic (exact) mass is 187 g/mol. The molecule has 1 aromatic heterocycles. The van der Waals surface area contributed by atoms with E-state index in [0.717, 1.165) is 0 Å². The molecule has 52 valence electrons. The molecule has 10 heavy (non-hydrogen) atoms. The van der Waals surface area contributed by atoms with Crippen LogP contribution in [0.4, 0.5) is 0 Å². The zero-order valence-electron chi connectivity index (χ0n) is 5.65. The second kappa shape index (κ2) is 16.7. The van der Waals surface area contributed by atoms with E-state index in [9.17, 15) is 0 Å². The van der Waals surface area contributed by atoms with E-state index >= 15 is 0 Å². The Morgan fingerprint density at radius 3 is 2.20 bits per heavy atom. The maximum atomic E-state index is 8.49. The van der Waals surface area contributed by atoms with Crippen LogP contribution in [0.25, 0.3) is 0 Å². The maximum absolute atomic E-state index is 8.49. The van der Waals surface area contributed by atoms with Gasteiger partial charge in [-0.3, -0.25) is 4.98 Å². The summed E-state index contributed by atoms with van der Waals surface area (Å²) >= 11 is 1.60. The molecule has 0 aromatic carbocycles. The Kier molecular flexibility index (Phi) is 28.9. The summed E-state index contributed by atoms with van der Waals surface area (Å²) in [5.74, 6) is 0. The standard InChI is InChI=1S/C3H3NS.BH2O2.K.H2O/c1-2-5-3-4-1;2-1-3;;/h1-3H;1-2H;;1H2/q;-1;+1;. The topological polar surface area (TPSA) is 87.7 Å². The van der Waals surface area contributed by atoms with Gasteiger partial charge in [0.1, 0.15) is 0 Å². The molecule has 1 heterocycles. The van der Waals surface area contributed by atoms with E-state index in [1.807, 2.05) is 5.38 Å². The van der Waals surface area contributed by atoms with Gasteiger partial charge in [0.15, 0.2) is 7.69 Å². The molecule has 1 rings (SSSR count). The van der Waals surface area contributed by atoms with Gasteiger partial charge in [0.25, 0.3) is 0 Å². The molecule has 7 heteroatoms. The van der Waals surface area contributed by atoms with Gasteiger partial charge in [-0.1, -0.05) is 0 Å². The third kappa shape index (κ3) is 16.1. The second-order valence-corrected chi connectivity index (χ2v) is 1.56. The Hall–Kier alpha value is 1.21. The molecule has 0 aliphatic carbocycles. The summed E-state index contributed by atoms with van der Waals surface area (Å²) < 4.78 is 0. The van der Waals surface area contributed by atoms with E-state index in [1.165, 1.54) is 0 Å². The van der Waals surface area contributed by atoms with E-state index in [0.29, 0.717) is 0 Å². The van der Waals surface area contributed by atoms with Gasteiger partial charge in [-0.05, 0) is 0 Å². The fraction of sp³-hybridized carbons (Fsp3) is 0. The number of rotatable bonds is 0. The van der Waals surface area contributed by atoms with Crippen LogP contribution < -0.4 is 56.4 Å². The van der Waals surface area contributed by atoms with Crippen LogP contribution in [0.1, 0.15) is 0 Å². The molecule has 1 aromatic rings. The summed E-state index contributed by atoms with van der Waals surface area (Å²) in [7, 11) is -1.00. The van der Waals surface area contributed by atoms with Crippen molar-refractivity contribution < 1.29 is 66.9 Å². The van der Waals surface area contributed by atoms with Crippen molar-refractivity contribution in [2.24, 2.45) is 0 Å². The van der Waals surface area contributed by atoms with E-state index < -0.39 is 7.69 Å². The molecule has 3 N–H and O–H groups in total. The summed E-state index contributed by atoms with van der Waals surface area (Å²) in [6.45, 7) is 0. The fourth-order valence-electron chi connectivity index (χ4n) is 0.176. The zero-order valence-corrected chi connectivity index (χ0v) is 9.59. The normalized spacial score (nSPS) is 5.40. The van der Waals surface area contributed by atoms with Gasteiger partial charge in [-0.25, -0.2) is 0 Å². The summed E-state index contributed by atoms with van der Waals surface area (Å²) in [6, 6.07) is 0. The van der Waals surface area contributed by atoms with Gasteiger partial charge in [0.05, 0.1) is 5.51 Å². The minimum Gasteiger partial charge on any atom is -0.859 e. The van der Waals surface area contributed by atoms with Crippen LogP contribution in [0.3, 0.4) is 0 Å². The van der Waals surface area contributed by atoms with Crippen molar-refractivity contribution in [2.75, 3.05) is 0 Å². The molecule has 0 amide bonds. The number of aromatic nitrogens is 1. The first-order chi connectivity index (χ1) is 3.91. The Morgan fingerprint density at radius 2 is 2.10 bits per heavy atom. The van der Waals surface area contributed by atoms with E-state index in [-0.39, 0.29) is 56.9 Å². The van der Waals surface area contributed by atoms with E-state index in [1.54, 1.807) is 23.0 Å². The van der Waals surface area contributed by atoms with Crippen molar-refractivity contribution >= 4 is 19.0 Å². The molecule has 0 atom stereocenters. The summed E-state index contributed by atoms with van der Waals surface area (Å²) in [6.07, 6.45) is 1.77. The Labute approximate surface area is 106 Å². The van der Waals surface area contributed by atoms with Crippen LogP contribution in [0.5, 0.6) is 0 Å². The number of nitrogens with zero attached hydrogens (tertiary/aromatic N) is 1. The van der Waals surface area contributed by atoms with Crippen LogP contribution in [-0.2, 0) is 0 Å². The maximum Gasteiger partial charge on any atom is 1.00 e. The van der Waals surface area contributed by atoms with Crippen molar-refractivity contribution in [3.8, 4) is 0 Å². The molecule has 0 saturated carbocycles. The second-order valence-electron chi connectivity index (χ2n) is 0.805. The van der Waals surface area contributed by atoms with Crippen LogP contribution in [-0.4, -0.2) is 23.2 Å². The van der Waals surface area contributed by atoms with Crippen LogP contribution >= 0.6 is 11.3 Å². The predicted molar refractivity (Wildman–Crippen MR) is 35.1 cm³/mol. The first kappa shape index (κ1) is 17.3. The summed E-state index contributed by atoms with van der Waals surface area (Å²) in [4.78, 5) is 3.74. The average molecular weight is 187 g/mol. The molecule has 0 fully saturated rings. The third-order valence-corrected chi connectivity index (χ3v) is 0.869. The molecular formula is C3H7BKNO3S. The van der Waals surface area contributed by atoms with Crippen molar-refractivity contribution in [3.05, 3.63) is 17.1 Å². The smallest absolute Gasteiger partial charge is 0.859 e. The summed E-state index contributed by atoms with van der Waals surface area (Å²) in [5, 5.41) is 17.4. The molecule has 0 unspecified atom stereocenters. The molecule has 4 nitrogen and oxygen atoms in total. The molecule has 0 aliphatic rings.